The zero-order valence-electron chi connectivity index (χ0n) is 10.1. The summed E-state index contributed by atoms with van der Waals surface area (Å²) >= 11 is 0. The SMILES string of the molecule is CN1CCCC(C(=O)O)(c2ccncc2)CC1. The zero-order valence-corrected chi connectivity index (χ0v) is 10.1. The van der Waals surface area contributed by atoms with Gasteiger partial charge in [-0.2, -0.15) is 0 Å². The van der Waals surface area contributed by atoms with Crippen LogP contribution in [0, 0.1) is 0 Å². The quantitative estimate of drug-likeness (QED) is 0.843. The average molecular weight is 234 g/mol. The van der Waals surface area contributed by atoms with Crippen molar-refractivity contribution in [3.8, 4) is 0 Å². The van der Waals surface area contributed by atoms with Crippen LogP contribution in [-0.4, -0.2) is 41.1 Å². The highest BCUT2D eigenvalue weighted by atomic mass is 16.4. The second-order valence-corrected chi connectivity index (χ2v) is 4.78. The van der Waals surface area contributed by atoms with Crippen LogP contribution in [0.2, 0.25) is 0 Å². The van der Waals surface area contributed by atoms with Crippen molar-refractivity contribution in [2.24, 2.45) is 0 Å². The predicted molar refractivity (Wildman–Crippen MR) is 64.9 cm³/mol. The molecule has 0 spiro atoms. The first-order valence-corrected chi connectivity index (χ1v) is 5.97. The topological polar surface area (TPSA) is 53.4 Å². The summed E-state index contributed by atoms with van der Waals surface area (Å²) in [6.45, 7) is 1.80. The third-order valence-corrected chi connectivity index (χ3v) is 3.71. The Hall–Kier alpha value is -1.42. The molecule has 1 N–H and O–H groups in total. The minimum absolute atomic E-state index is 0.669. The summed E-state index contributed by atoms with van der Waals surface area (Å²) < 4.78 is 0. The zero-order chi connectivity index (χ0) is 12.3. The molecule has 1 unspecified atom stereocenters. The lowest BCUT2D eigenvalue weighted by Gasteiger charge is -2.28. The van der Waals surface area contributed by atoms with Gasteiger partial charge in [-0.3, -0.25) is 9.78 Å². The Bertz CT molecular complexity index is 394. The van der Waals surface area contributed by atoms with Crippen molar-refractivity contribution in [2.45, 2.75) is 24.7 Å². The lowest BCUT2D eigenvalue weighted by atomic mass is 9.75. The number of aliphatic carboxylic acids is 1. The van der Waals surface area contributed by atoms with Gasteiger partial charge in [0.2, 0.25) is 0 Å². The molecule has 1 fully saturated rings. The van der Waals surface area contributed by atoms with Crippen LogP contribution in [0.5, 0.6) is 0 Å². The van der Waals surface area contributed by atoms with Crippen LogP contribution in [0.4, 0.5) is 0 Å². The van der Waals surface area contributed by atoms with E-state index in [1.807, 2.05) is 19.2 Å². The molecule has 0 bridgehead atoms. The van der Waals surface area contributed by atoms with Gasteiger partial charge in [0.15, 0.2) is 0 Å². The van der Waals surface area contributed by atoms with Gasteiger partial charge in [-0.05, 0) is 57.1 Å². The molecule has 2 heterocycles. The van der Waals surface area contributed by atoms with Crippen LogP contribution in [0.25, 0.3) is 0 Å². The second kappa shape index (κ2) is 4.84. The molecule has 1 saturated heterocycles. The van der Waals surface area contributed by atoms with Gasteiger partial charge in [0.1, 0.15) is 0 Å². The highest BCUT2D eigenvalue weighted by Gasteiger charge is 2.40. The molecule has 1 aliphatic heterocycles. The van der Waals surface area contributed by atoms with Crippen LogP contribution < -0.4 is 0 Å². The van der Waals surface area contributed by atoms with Crippen molar-refractivity contribution < 1.29 is 9.90 Å². The fraction of sp³-hybridized carbons (Fsp3) is 0.538. The van der Waals surface area contributed by atoms with Gasteiger partial charge in [0.05, 0.1) is 5.41 Å². The molecule has 2 rings (SSSR count). The standard InChI is InChI=1S/C13H18N2O2/c1-15-9-2-5-13(6-10-15,12(16)17)11-3-7-14-8-4-11/h3-4,7-8H,2,5-6,9-10H2,1H3,(H,16,17). The Morgan fingerprint density at radius 1 is 1.35 bits per heavy atom. The van der Waals surface area contributed by atoms with Crippen molar-refractivity contribution in [2.75, 3.05) is 20.1 Å². The first-order valence-electron chi connectivity index (χ1n) is 5.97. The van der Waals surface area contributed by atoms with Gasteiger partial charge in [0.25, 0.3) is 0 Å². The van der Waals surface area contributed by atoms with Crippen molar-refractivity contribution in [1.29, 1.82) is 0 Å². The Morgan fingerprint density at radius 2 is 2.06 bits per heavy atom. The maximum absolute atomic E-state index is 11.7. The number of aromatic nitrogens is 1. The molecule has 1 aliphatic rings. The molecule has 17 heavy (non-hydrogen) atoms. The number of hydrogen-bond acceptors (Lipinski definition) is 3. The molecule has 0 aliphatic carbocycles. The summed E-state index contributed by atoms with van der Waals surface area (Å²) in [5, 5.41) is 9.61. The molecule has 92 valence electrons. The minimum Gasteiger partial charge on any atom is -0.481 e. The molecule has 0 radical (unpaired) electrons. The highest BCUT2D eigenvalue weighted by Crippen LogP contribution is 2.35. The largest absolute Gasteiger partial charge is 0.481 e. The lowest BCUT2D eigenvalue weighted by molar-refractivity contribution is -0.144. The molecule has 0 saturated carbocycles. The molecule has 0 aromatic carbocycles. The molecular formula is C13H18N2O2. The van der Waals surface area contributed by atoms with Crippen LogP contribution in [0.1, 0.15) is 24.8 Å². The van der Waals surface area contributed by atoms with Crippen LogP contribution in [-0.2, 0) is 10.2 Å². The number of likely N-dealkylation sites (tertiary alicyclic amines) is 1. The number of carboxylic acid groups (broad SMARTS) is 1. The molecular weight excluding hydrogens is 216 g/mol. The van der Waals surface area contributed by atoms with E-state index in [0.29, 0.717) is 12.8 Å². The average Bonchev–Trinajstić information content (AvgIpc) is 2.53. The fourth-order valence-electron chi connectivity index (χ4n) is 2.57. The molecule has 4 heteroatoms. The Morgan fingerprint density at radius 3 is 2.71 bits per heavy atom. The van der Waals surface area contributed by atoms with E-state index in [1.54, 1.807) is 12.4 Å². The summed E-state index contributed by atoms with van der Waals surface area (Å²) in [6.07, 6.45) is 5.65. The van der Waals surface area contributed by atoms with Crippen molar-refractivity contribution in [3.05, 3.63) is 30.1 Å². The molecule has 0 amide bonds. The van der Waals surface area contributed by atoms with E-state index in [1.165, 1.54) is 0 Å². The van der Waals surface area contributed by atoms with E-state index in [2.05, 4.69) is 9.88 Å². The number of rotatable bonds is 2. The molecule has 1 atom stereocenters. The van der Waals surface area contributed by atoms with Gasteiger partial charge >= 0.3 is 5.97 Å². The first kappa shape index (κ1) is 12.0. The second-order valence-electron chi connectivity index (χ2n) is 4.78. The van der Waals surface area contributed by atoms with Crippen molar-refractivity contribution in [1.82, 2.24) is 9.88 Å². The van der Waals surface area contributed by atoms with E-state index in [0.717, 1.165) is 25.1 Å². The number of pyridine rings is 1. The first-order chi connectivity index (χ1) is 8.15. The smallest absolute Gasteiger partial charge is 0.314 e. The molecule has 1 aromatic rings. The van der Waals surface area contributed by atoms with E-state index in [9.17, 15) is 9.90 Å². The summed E-state index contributed by atoms with van der Waals surface area (Å²) in [5.74, 6) is -0.709. The Labute approximate surface area is 101 Å². The molecule has 1 aromatic heterocycles. The predicted octanol–water partition coefficient (Wildman–Crippen LogP) is 1.52. The maximum atomic E-state index is 11.7. The van der Waals surface area contributed by atoms with E-state index in [4.69, 9.17) is 0 Å². The van der Waals surface area contributed by atoms with Crippen LogP contribution in [0.15, 0.2) is 24.5 Å². The van der Waals surface area contributed by atoms with Gasteiger partial charge < -0.3 is 10.0 Å². The van der Waals surface area contributed by atoms with Crippen molar-refractivity contribution >= 4 is 5.97 Å². The maximum Gasteiger partial charge on any atom is 0.314 e. The van der Waals surface area contributed by atoms with Crippen LogP contribution >= 0.6 is 0 Å². The summed E-state index contributed by atoms with van der Waals surface area (Å²) in [6, 6.07) is 3.67. The third kappa shape index (κ3) is 2.31. The Balaban J connectivity index is 2.36. The highest BCUT2D eigenvalue weighted by molar-refractivity contribution is 5.81. The van der Waals surface area contributed by atoms with Crippen LogP contribution in [0.3, 0.4) is 0 Å². The van der Waals surface area contributed by atoms with E-state index in [-0.39, 0.29) is 0 Å². The van der Waals surface area contributed by atoms with Crippen molar-refractivity contribution in [3.63, 3.8) is 0 Å². The third-order valence-electron chi connectivity index (χ3n) is 3.71. The summed E-state index contributed by atoms with van der Waals surface area (Å²) in [4.78, 5) is 17.9. The van der Waals surface area contributed by atoms with Gasteiger partial charge in [-0.25, -0.2) is 0 Å². The summed E-state index contributed by atoms with van der Waals surface area (Å²) in [5.41, 5.74) is 0.156. The van der Waals surface area contributed by atoms with Gasteiger partial charge in [-0.15, -0.1) is 0 Å². The van der Waals surface area contributed by atoms with E-state index >= 15 is 0 Å². The fourth-order valence-corrected chi connectivity index (χ4v) is 2.57. The Kier molecular flexibility index (Phi) is 3.43. The lowest BCUT2D eigenvalue weighted by Crippen LogP contribution is -2.36. The van der Waals surface area contributed by atoms with E-state index < -0.39 is 11.4 Å². The monoisotopic (exact) mass is 234 g/mol. The number of hydrogen-bond donors (Lipinski definition) is 1. The normalized spacial score (nSPS) is 26.4. The summed E-state index contributed by atoms with van der Waals surface area (Å²) in [7, 11) is 2.05. The number of carbonyl (C=O) groups is 1. The number of carboxylic acids is 1. The van der Waals surface area contributed by atoms with Gasteiger partial charge in [0, 0.05) is 12.4 Å². The van der Waals surface area contributed by atoms with Gasteiger partial charge in [-0.1, -0.05) is 0 Å². The number of nitrogens with zero attached hydrogens (tertiary/aromatic N) is 2. The minimum atomic E-state index is -0.728. The molecule has 4 nitrogen and oxygen atoms in total.